The number of benzene rings is 2. The molecule has 1 aromatic heterocycles. The van der Waals surface area contributed by atoms with E-state index in [-0.39, 0.29) is 47.0 Å². The van der Waals surface area contributed by atoms with Gasteiger partial charge in [-0.15, -0.1) is 0 Å². The molecule has 6 heteroatoms. The van der Waals surface area contributed by atoms with Crippen molar-refractivity contribution in [2.45, 2.75) is 64.0 Å². The van der Waals surface area contributed by atoms with Crippen LogP contribution in [0.2, 0.25) is 0 Å². The number of aromatic amines is 1. The summed E-state index contributed by atoms with van der Waals surface area (Å²) in [4.78, 5) is 50.7. The largest absolute Gasteiger partial charge is 0.335 e. The molecule has 1 saturated carbocycles. The highest BCUT2D eigenvalue weighted by molar-refractivity contribution is 6.35. The molecule has 2 N–H and O–H groups in total. The molecule has 4 atom stereocenters. The molecule has 2 heterocycles. The molecule has 4 unspecified atom stereocenters. The van der Waals surface area contributed by atoms with E-state index in [1.54, 1.807) is 24.3 Å². The number of hydrogen-bond acceptors (Lipinski definition) is 5. The van der Waals surface area contributed by atoms with Crippen LogP contribution in [0.3, 0.4) is 0 Å². The number of hydrogen-bond donors (Lipinski definition) is 2. The molecule has 1 spiro atoms. The third-order valence-electron chi connectivity index (χ3n) is 9.15. The lowest BCUT2D eigenvalue weighted by molar-refractivity contribution is 0.0598. The second-order valence-corrected chi connectivity index (χ2v) is 11.0. The Hall–Kier alpha value is -3.12. The molecular formula is C30H33N3O3. The summed E-state index contributed by atoms with van der Waals surface area (Å²) in [6, 6.07) is 14.5. The second-order valence-electron chi connectivity index (χ2n) is 11.0. The van der Waals surface area contributed by atoms with E-state index in [0.29, 0.717) is 16.6 Å². The van der Waals surface area contributed by atoms with Crippen molar-refractivity contribution in [3.8, 4) is 0 Å². The molecule has 186 valence electrons. The number of para-hydroxylation sites is 2. The van der Waals surface area contributed by atoms with Crippen molar-refractivity contribution in [1.82, 2.24) is 15.3 Å². The minimum atomic E-state index is -1.57. The fourth-order valence-electron chi connectivity index (χ4n) is 7.21. The summed E-state index contributed by atoms with van der Waals surface area (Å²) < 4.78 is 0. The summed E-state index contributed by atoms with van der Waals surface area (Å²) in [6.07, 6.45) is 6.38. The zero-order valence-electron chi connectivity index (χ0n) is 20.9. The first-order chi connectivity index (χ1) is 17.5. The van der Waals surface area contributed by atoms with Gasteiger partial charge in [0.25, 0.3) is 0 Å². The van der Waals surface area contributed by atoms with Crippen molar-refractivity contribution in [3.05, 3.63) is 65.5 Å². The molecular weight excluding hydrogens is 450 g/mol. The first-order valence-corrected chi connectivity index (χ1v) is 13.4. The summed E-state index contributed by atoms with van der Waals surface area (Å²) in [5, 5.41) is 3.58. The topological polar surface area (TPSA) is 91.9 Å². The molecule has 0 radical (unpaired) electrons. The van der Waals surface area contributed by atoms with E-state index in [1.165, 1.54) is 6.42 Å². The van der Waals surface area contributed by atoms with Crippen LogP contribution in [0.15, 0.2) is 48.5 Å². The average molecular weight is 484 g/mol. The van der Waals surface area contributed by atoms with Gasteiger partial charge in [0.15, 0.2) is 22.9 Å². The van der Waals surface area contributed by atoms with Crippen molar-refractivity contribution in [2.75, 3.05) is 0 Å². The minimum Gasteiger partial charge on any atom is -0.335 e. The zero-order chi connectivity index (χ0) is 25.0. The van der Waals surface area contributed by atoms with Crippen molar-refractivity contribution >= 4 is 28.4 Å². The fourth-order valence-corrected chi connectivity index (χ4v) is 7.21. The van der Waals surface area contributed by atoms with Gasteiger partial charge in [-0.1, -0.05) is 88.8 Å². The SMILES string of the molecule is CCC(C)C1NC2(C(=O)c3ccccc3C2=O)C(C(=O)c2nc3ccccc3[nH]2)C1C1CCCCC1. The summed E-state index contributed by atoms with van der Waals surface area (Å²) in [5.41, 5.74) is 0.756. The molecule has 2 aliphatic carbocycles. The smallest absolute Gasteiger partial charge is 0.204 e. The lowest BCUT2D eigenvalue weighted by Crippen LogP contribution is -2.58. The molecule has 36 heavy (non-hydrogen) atoms. The first-order valence-electron chi connectivity index (χ1n) is 13.4. The molecule has 6 rings (SSSR count). The Morgan fingerprint density at radius 2 is 1.64 bits per heavy atom. The molecule has 6 nitrogen and oxygen atoms in total. The standard InChI is InChI=1S/C30H33N3O3/c1-3-17(2)25-23(18-11-5-4-6-12-18)24(26(34)29-31-21-15-9-10-16-22(21)32-29)30(33-25)27(35)19-13-7-8-14-20(19)28(30)36/h7-10,13-18,23-25,33H,3-6,11-12H2,1-2H3,(H,31,32). The number of nitrogens with one attached hydrogen (secondary N) is 2. The maximum Gasteiger partial charge on any atom is 0.204 e. The van der Waals surface area contributed by atoms with E-state index in [2.05, 4.69) is 29.1 Å². The van der Waals surface area contributed by atoms with Gasteiger partial charge in [0, 0.05) is 17.2 Å². The second kappa shape index (κ2) is 8.77. The fraction of sp³-hybridized carbons (Fsp3) is 0.467. The Morgan fingerprint density at radius 3 is 2.28 bits per heavy atom. The first kappa shape index (κ1) is 23.3. The molecule has 3 aromatic rings. The van der Waals surface area contributed by atoms with E-state index in [0.717, 1.165) is 37.6 Å². The van der Waals surface area contributed by atoms with E-state index in [4.69, 9.17) is 0 Å². The van der Waals surface area contributed by atoms with Crippen LogP contribution in [-0.4, -0.2) is 38.9 Å². The van der Waals surface area contributed by atoms with Crippen molar-refractivity contribution < 1.29 is 14.4 Å². The van der Waals surface area contributed by atoms with Crippen molar-refractivity contribution in [1.29, 1.82) is 0 Å². The number of rotatable bonds is 5. The number of Topliss-reactive ketones (excluding diaryl/α,β-unsaturated/α-hetero) is 3. The number of imidazole rings is 1. The van der Waals surface area contributed by atoms with Gasteiger partial charge < -0.3 is 4.98 Å². The average Bonchev–Trinajstić information content (AvgIpc) is 3.57. The molecule has 1 aliphatic heterocycles. The van der Waals surface area contributed by atoms with Crippen molar-refractivity contribution in [2.24, 2.45) is 23.7 Å². The molecule has 1 saturated heterocycles. The summed E-state index contributed by atoms with van der Waals surface area (Å²) in [7, 11) is 0. The summed E-state index contributed by atoms with van der Waals surface area (Å²) in [6.45, 7) is 4.31. The van der Waals surface area contributed by atoms with Gasteiger partial charge >= 0.3 is 0 Å². The predicted octanol–water partition coefficient (Wildman–Crippen LogP) is 5.39. The number of fused-ring (bicyclic) bond motifs is 2. The lowest BCUT2D eigenvalue weighted by atomic mass is 9.64. The van der Waals surface area contributed by atoms with E-state index in [1.807, 2.05) is 24.3 Å². The summed E-state index contributed by atoms with van der Waals surface area (Å²) >= 11 is 0. The van der Waals surface area contributed by atoms with Crippen molar-refractivity contribution in [3.63, 3.8) is 0 Å². The maximum absolute atomic E-state index is 14.5. The quantitative estimate of drug-likeness (QED) is 0.375. The van der Waals surface area contributed by atoms with Crippen LogP contribution in [0.1, 0.15) is 83.7 Å². The number of aromatic nitrogens is 2. The summed E-state index contributed by atoms with van der Waals surface area (Å²) in [5.74, 6) is -0.915. The number of ketones is 3. The van der Waals surface area contributed by atoms with Gasteiger partial charge in [-0.3, -0.25) is 19.7 Å². The minimum absolute atomic E-state index is 0.0985. The molecule has 0 amide bonds. The monoisotopic (exact) mass is 483 g/mol. The van der Waals surface area contributed by atoms with E-state index < -0.39 is 11.5 Å². The normalized spacial score (nSPS) is 26.6. The number of H-pyrrole nitrogens is 1. The Kier molecular flexibility index (Phi) is 5.67. The molecule has 2 aromatic carbocycles. The molecule has 3 aliphatic rings. The highest BCUT2D eigenvalue weighted by atomic mass is 16.2. The number of carbonyl (C=O) groups is 3. The van der Waals surface area contributed by atoms with Crippen LogP contribution >= 0.6 is 0 Å². The van der Waals surface area contributed by atoms with Gasteiger partial charge in [0.2, 0.25) is 5.78 Å². The van der Waals surface area contributed by atoms with Gasteiger partial charge in [0.1, 0.15) is 0 Å². The molecule has 0 bridgehead atoms. The Labute approximate surface area is 211 Å². The van der Waals surface area contributed by atoms with Gasteiger partial charge in [0.05, 0.1) is 17.0 Å². The Bertz CT molecular complexity index is 1280. The zero-order valence-corrected chi connectivity index (χ0v) is 20.9. The molecule has 2 fully saturated rings. The number of carbonyl (C=O) groups excluding carboxylic acids is 3. The third-order valence-corrected chi connectivity index (χ3v) is 9.15. The van der Waals surface area contributed by atoms with Crippen LogP contribution in [0, 0.1) is 23.7 Å². The van der Waals surface area contributed by atoms with Crippen LogP contribution in [-0.2, 0) is 0 Å². The third kappa shape index (κ3) is 3.27. The van der Waals surface area contributed by atoms with Gasteiger partial charge in [-0.05, 0) is 29.9 Å². The van der Waals surface area contributed by atoms with Crippen LogP contribution in [0.4, 0.5) is 0 Å². The van der Waals surface area contributed by atoms with E-state index >= 15 is 0 Å². The highest BCUT2D eigenvalue weighted by Crippen LogP contribution is 2.52. The van der Waals surface area contributed by atoms with Gasteiger partial charge in [-0.2, -0.15) is 0 Å². The predicted molar refractivity (Wildman–Crippen MR) is 138 cm³/mol. The van der Waals surface area contributed by atoms with Crippen LogP contribution < -0.4 is 5.32 Å². The highest BCUT2D eigenvalue weighted by Gasteiger charge is 2.69. The van der Waals surface area contributed by atoms with E-state index in [9.17, 15) is 14.4 Å². The van der Waals surface area contributed by atoms with Crippen LogP contribution in [0.25, 0.3) is 11.0 Å². The van der Waals surface area contributed by atoms with Crippen LogP contribution in [0.5, 0.6) is 0 Å². The maximum atomic E-state index is 14.5. The lowest BCUT2D eigenvalue weighted by Gasteiger charge is -2.36. The number of nitrogens with zero attached hydrogens (tertiary/aromatic N) is 1. The van der Waals surface area contributed by atoms with Gasteiger partial charge in [-0.25, -0.2) is 4.98 Å². The Balaban J connectivity index is 1.54. The Morgan fingerprint density at radius 1 is 1.00 bits per heavy atom.